The highest BCUT2D eigenvalue weighted by molar-refractivity contribution is 5.97. The fourth-order valence-electron chi connectivity index (χ4n) is 3.59. The zero-order valence-electron chi connectivity index (χ0n) is 12.9. The molecule has 4 heterocycles. The van der Waals surface area contributed by atoms with E-state index in [1.807, 2.05) is 0 Å². The van der Waals surface area contributed by atoms with Crippen molar-refractivity contribution in [2.24, 2.45) is 0 Å². The number of aromatic carboxylic acids is 1. The lowest BCUT2D eigenvalue weighted by Gasteiger charge is -2.17. The molecular formula is C16H20N4O3. The highest BCUT2D eigenvalue weighted by Crippen LogP contribution is 2.29. The third kappa shape index (κ3) is 2.55. The van der Waals surface area contributed by atoms with E-state index in [0.29, 0.717) is 12.2 Å². The third-order valence-electron chi connectivity index (χ3n) is 4.70. The van der Waals surface area contributed by atoms with Crippen molar-refractivity contribution in [3.05, 3.63) is 18.1 Å². The van der Waals surface area contributed by atoms with Crippen LogP contribution in [-0.2, 0) is 11.3 Å². The van der Waals surface area contributed by atoms with Crippen LogP contribution in [0.5, 0.6) is 0 Å². The predicted octanol–water partition coefficient (Wildman–Crippen LogP) is 1.91. The lowest BCUT2D eigenvalue weighted by Crippen LogP contribution is -2.20. The largest absolute Gasteiger partial charge is 0.477 e. The van der Waals surface area contributed by atoms with Crippen LogP contribution < -0.4 is 4.90 Å². The molecule has 0 saturated carbocycles. The maximum atomic E-state index is 11.7. The Morgan fingerprint density at radius 3 is 2.83 bits per heavy atom. The molecule has 1 N–H and O–H groups in total. The van der Waals surface area contributed by atoms with Crippen LogP contribution in [0.15, 0.2) is 12.4 Å². The fraction of sp³-hybridized carbons (Fsp3) is 0.562. The molecule has 0 amide bonds. The number of hydrogen-bond acceptors (Lipinski definition) is 5. The third-order valence-corrected chi connectivity index (χ3v) is 4.70. The number of carbonyl (C=O) groups is 1. The van der Waals surface area contributed by atoms with Crippen molar-refractivity contribution in [2.75, 3.05) is 24.6 Å². The number of aromatic nitrogens is 3. The highest BCUT2D eigenvalue weighted by atomic mass is 16.5. The fourth-order valence-corrected chi connectivity index (χ4v) is 3.59. The lowest BCUT2D eigenvalue weighted by atomic mass is 10.2. The zero-order valence-corrected chi connectivity index (χ0v) is 12.9. The van der Waals surface area contributed by atoms with Gasteiger partial charge in [-0.2, -0.15) is 0 Å². The molecule has 23 heavy (non-hydrogen) atoms. The summed E-state index contributed by atoms with van der Waals surface area (Å²) in [5.41, 5.74) is 0.950. The molecule has 0 aromatic carbocycles. The maximum absolute atomic E-state index is 11.7. The molecular weight excluding hydrogens is 296 g/mol. The average molecular weight is 316 g/mol. The number of hydrogen-bond donors (Lipinski definition) is 1. The molecule has 0 radical (unpaired) electrons. The Balaban J connectivity index is 1.81. The van der Waals surface area contributed by atoms with Crippen LogP contribution in [0.25, 0.3) is 11.0 Å². The van der Waals surface area contributed by atoms with Crippen molar-refractivity contribution < 1.29 is 14.6 Å². The second-order valence-electron chi connectivity index (χ2n) is 6.21. The van der Waals surface area contributed by atoms with Gasteiger partial charge < -0.3 is 19.3 Å². The first-order valence-corrected chi connectivity index (χ1v) is 8.18. The van der Waals surface area contributed by atoms with E-state index >= 15 is 0 Å². The number of anilines is 1. The molecule has 1 unspecified atom stereocenters. The maximum Gasteiger partial charge on any atom is 0.352 e. The molecule has 7 heteroatoms. The van der Waals surface area contributed by atoms with E-state index in [1.54, 1.807) is 10.6 Å². The number of ether oxygens (including phenoxy) is 1. The summed E-state index contributed by atoms with van der Waals surface area (Å²) in [5.74, 6) is -0.0885. The second-order valence-corrected chi connectivity index (χ2v) is 6.21. The smallest absolute Gasteiger partial charge is 0.352 e. The zero-order chi connectivity index (χ0) is 15.8. The first-order valence-electron chi connectivity index (χ1n) is 8.18. The van der Waals surface area contributed by atoms with Gasteiger partial charge in [-0.05, 0) is 31.7 Å². The summed E-state index contributed by atoms with van der Waals surface area (Å²) in [7, 11) is 0. The summed E-state index contributed by atoms with van der Waals surface area (Å²) in [5, 5.41) is 10.4. The minimum atomic E-state index is -0.937. The summed E-state index contributed by atoms with van der Waals surface area (Å²) in [4.78, 5) is 22.7. The van der Waals surface area contributed by atoms with Gasteiger partial charge in [-0.25, -0.2) is 14.8 Å². The molecule has 2 aliphatic heterocycles. The number of nitrogens with zero attached hydrogens (tertiary/aromatic N) is 4. The van der Waals surface area contributed by atoms with E-state index in [9.17, 15) is 9.90 Å². The van der Waals surface area contributed by atoms with E-state index in [4.69, 9.17) is 4.74 Å². The lowest BCUT2D eigenvalue weighted by molar-refractivity contribution is 0.0672. The highest BCUT2D eigenvalue weighted by Gasteiger charge is 2.25. The first kappa shape index (κ1) is 14.4. The van der Waals surface area contributed by atoms with Crippen LogP contribution in [0.3, 0.4) is 0 Å². The second kappa shape index (κ2) is 5.81. The Bertz CT molecular complexity index is 730. The minimum Gasteiger partial charge on any atom is -0.477 e. The summed E-state index contributed by atoms with van der Waals surface area (Å²) in [6, 6.07) is 1.71. The van der Waals surface area contributed by atoms with Crippen molar-refractivity contribution in [1.82, 2.24) is 14.5 Å². The van der Waals surface area contributed by atoms with Crippen LogP contribution in [0.4, 0.5) is 5.82 Å². The van der Waals surface area contributed by atoms with E-state index in [0.717, 1.165) is 56.6 Å². The Labute approximate surface area is 133 Å². The monoisotopic (exact) mass is 316 g/mol. The molecule has 2 saturated heterocycles. The van der Waals surface area contributed by atoms with Gasteiger partial charge in [-0.1, -0.05) is 0 Å². The van der Waals surface area contributed by atoms with Crippen molar-refractivity contribution in [1.29, 1.82) is 0 Å². The minimum absolute atomic E-state index is 0.0638. The van der Waals surface area contributed by atoms with Gasteiger partial charge in [-0.3, -0.25) is 0 Å². The number of fused-ring (bicyclic) bond motifs is 1. The van der Waals surface area contributed by atoms with Gasteiger partial charge in [0.15, 0.2) is 0 Å². The van der Waals surface area contributed by atoms with Crippen LogP contribution in [-0.4, -0.2) is 51.4 Å². The SMILES string of the molecule is O=C(O)c1cc2c(N3CCCC3)ncnc2n1CC1CCCO1. The summed E-state index contributed by atoms with van der Waals surface area (Å²) < 4.78 is 7.45. The Morgan fingerprint density at radius 2 is 2.13 bits per heavy atom. The van der Waals surface area contributed by atoms with Crippen LogP contribution >= 0.6 is 0 Å². The average Bonchev–Trinajstić information content (AvgIpc) is 3.28. The van der Waals surface area contributed by atoms with Gasteiger partial charge in [-0.15, -0.1) is 0 Å². The molecule has 7 nitrogen and oxygen atoms in total. The van der Waals surface area contributed by atoms with Gasteiger partial charge in [0.05, 0.1) is 18.0 Å². The van der Waals surface area contributed by atoms with E-state index in [2.05, 4.69) is 14.9 Å². The molecule has 2 aromatic rings. The molecule has 1 atom stereocenters. The molecule has 2 fully saturated rings. The Hall–Kier alpha value is -2.15. The summed E-state index contributed by atoms with van der Waals surface area (Å²) in [6.45, 7) is 3.21. The number of rotatable bonds is 4. The van der Waals surface area contributed by atoms with Crippen molar-refractivity contribution >= 4 is 22.8 Å². The van der Waals surface area contributed by atoms with E-state index < -0.39 is 5.97 Å². The standard InChI is InChI=1S/C16H20N4O3/c21-16(22)13-8-12-14(19-5-1-2-6-19)17-10-18-15(12)20(13)9-11-4-3-7-23-11/h8,10-11H,1-7,9H2,(H,21,22). The first-order chi connectivity index (χ1) is 11.2. The Kier molecular flexibility index (Phi) is 3.65. The molecule has 2 aliphatic rings. The van der Waals surface area contributed by atoms with Gasteiger partial charge in [0.2, 0.25) is 0 Å². The topological polar surface area (TPSA) is 80.5 Å². The van der Waals surface area contributed by atoms with Crippen LogP contribution in [0.2, 0.25) is 0 Å². The van der Waals surface area contributed by atoms with Gasteiger partial charge in [0, 0.05) is 19.7 Å². The van der Waals surface area contributed by atoms with Crippen molar-refractivity contribution in [3.63, 3.8) is 0 Å². The molecule has 122 valence electrons. The van der Waals surface area contributed by atoms with Crippen LogP contribution in [0.1, 0.15) is 36.2 Å². The predicted molar refractivity (Wildman–Crippen MR) is 84.9 cm³/mol. The van der Waals surface area contributed by atoms with Crippen molar-refractivity contribution in [3.8, 4) is 0 Å². The van der Waals surface area contributed by atoms with Crippen molar-refractivity contribution in [2.45, 2.75) is 38.3 Å². The summed E-state index contributed by atoms with van der Waals surface area (Å²) in [6.07, 6.45) is 5.88. The number of carboxylic acids is 1. The van der Waals surface area contributed by atoms with Gasteiger partial charge in [0.1, 0.15) is 23.5 Å². The van der Waals surface area contributed by atoms with E-state index in [-0.39, 0.29) is 11.8 Å². The Morgan fingerprint density at radius 1 is 1.30 bits per heavy atom. The van der Waals surface area contributed by atoms with Gasteiger partial charge >= 0.3 is 5.97 Å². The molecule has 4 rings (SSSR count). The van der Waals surface area contributed by atoms with Crippen LogP contribution in [0, 0.1) is 0 Å². The molecule has 0 spiro atoms. The normalized spacial score (nSPS) is 21.4. The van der Waals surface area contributed by atoms with E-state index in [1.165, 1.54) is 6.33 Å². The molecule has 0 aliphatic carbocycles. The quantitative estimate of drug-likeness (QED) is 0.928. The molecule has 0 bridgehead atoms. The summed E-state index contributed by atoms with van der Waals surface area (Å²) >= 11 is 0. The van der Waals surface area contributed by atoms with Gasteiger partial charge in [0.25, 0.3) is 0 Å². The number of carboxylic acid groups (broad SMARTS) is 1. The molecule has 2 aromatic heterocycles.